The summed E-state index contributed by atoms with van der Waals surface area (Å²) in [5, 5.41) is 0. The molecule has 1 aromatic carbocycles. The van der Waals surface area contributed by atoms with Crippen LogP contribution in [0.3, 0.4) is 0 Å². The molecule has 0 saturated carbocycles. The van der Waals surface area contributed by atoms with E-state index in [1.165, 1.54) is 0 Å². The number of hydrogen-bond donors (Lipinski definition) is 2. The van der Waals surface area contributed by atoms with Crippen LogP contribution >= 0.6 is 0 Å². The van der Waals surface area contributed by atoms with Gasteiger partial charge in [-0.15, -0.1) is 0 Å². The fourth-order valence-electron chi connectivity index (χ4n) is 2.21. The molecule has 7 heteroatoms. The van der Waals surface area contributed by atoms with Crippen LogP contribution < -0.4 is 10.5 Å². The fourth-order valence-corrected chi connectivity index (χ4v) is 2.95. The predicted molar refractivity (Wildman–Crippen MR) is 64.6 cm³/mol. The third-order valence-corrected chi connectivity index (χ3v) is 4.10. The molecule has 18 heavy (non-hydrogen) atoms. The van der Waals surface area contributed by atoms with Crippen LogP contribution in [0.1, 0.15) is 30.0 Å². The Kier molecular flexibility index (Phi) is 3.54. The molecule has 2 rings (SSSR count). The van der Waals surface area contributed by atoms with Crippen molar-refractivity contribution >= 4 is 15.7 Å². The summed E-state index contributed by atoms with van der Waals surface area (Å²) >= 11 is 0. The van der Waals surface area contributed by atoms with Crippen LogP contribution in [0.25, 0.3) is 0 Å². The van der Waals surface area contributed by atoms with Crippen LogP contribution in [0.15, 0.2) is 18.2 Å². The number of nitrogens with one attached hydrogen (secondary N) is 1. The van der Waals surface area contributed by atoms with Crippen molar-refractivity contribution in [3.63, 3.8) is 0 Å². The summed E-state index contributed by atoms with van der Waals surface area (Å²) in [7, 11) is -4.57. The summed E-state index contributed by atoms with van der Waals surface area (Å²) in [5.41, 5.74) is 7.89. The highest BCUT2D eigenvalue weighted by Crippen LogP contribution is 2.31. The third kappa shape index (κ3) is 2.62. The second-order valence-electron chi connectivity index (χ2n) is 4.33. The van der Waals surface area contributed by atoms with Gasteiger partial charge in [-0.1, -0.05) is 6.07 Å². The number of nitrogen functional groups attached to an aromatic ring is 1. The van der Waals surface area contributed by atoms with Crippen LogP contribution in [-0.4, -0.2) is 14.2 Å². The molecule has 0 aromatic heterocycles. The molecular weight excluding hydrogens is 262 g/mol. The summed E-state index contributed by atoms with van der Waals surface area (Å²) in [4.78, 5) is 0. The van der Waals surface area contributed by atoms with Gasteiger partial charge in [-0.3, -0.25) is 0 Å². The maximum atomic E-state index is 12.3. The SMILES string of the molecule is Nc1ccc2c(c1)CCCC2NS(=O)(=O)C(F)F. The molecule has 4 nitrogen and oxygen atoms in total. The monoisotopic (exact) mass is 276 g/mol. The van der Waals surface area contributed by atoms with Crippen molar-refractivity contribution in [2.24, 2.45) is 0 Å². The Morgan fingerprint density at radius 3 is 2.78 bits per heavy atom. The standard InChI is InChI=1S/C11H14F2N2O2S/c12-11(13)18(16,17)15-10-3-1-2-7-6-8(14)4-5-9(7)10/h4-6,10-11,15H,1-3,14H2. The fraction of sp³-hybridized carbons (Fsp3) is 0.455. The first kappa shape index (κ1) is 13.2. The first-order valence-electron chi connectivity index (χ1n) is 5.58. The summed E-state index contributed by atoms with van der Waals surface area (Å²) < 4.78 is 49.1. The van der Waals surface area contributed by atoms with Gasteiger partial charge in [0.05, 0.1) is 0 Å². The van der Waals surface area contributed by atoms with Crippen molar-refractivity contribution in [1.29, 1.82) is 0 Å². The number of aryl methyl sites for hydroxylation is 1. The van der Waals surface area contributed by atoms with Crippen LogP contribution in [0.4, 0.5) is 14.5 Å². The normalized spacial score (nSPS) is 19.8. The smallest absolute Gasteiger partial charge is 0.350 e. The Labute approximate surface area is 104 Å². The molecule has 0 bridgehead atoms. The van der Waals surface area contributed by atoms with E-state index < -0.39 is 21.8 Å². The van der Waals surface area contributed by atoms with Gasteiger partial charge in [-0.2, -0.15) is 8.78 Å². The number of fused-ring (bicyclic) bond motifs is 1. The average molecular weight is 276 g/mol. The minimum absolute atomic E-state index is 0.517. The zero-order valence-corrected chi connectivity index (χ0v) is 10.4. The zero-order chi connectivity index (χ0) is 13.3. The number of anilines is 1. The average Bonchev–Trinajstić information content (AvgIpc) is 2.28. The molecule has 100 valence electrons. The van der Waals surface area contributed by atoms with Crippen LogP contribution in [0, 0.1) is 0 Å². The highest BCUT2D eigenvalue weighted by molar-refractivity contribution is 7.89. The minimum Gasteiger partial charge on any atom is -0.399 e. The van der Waals surface area contributed by atoms with Gasteiger partial charge in [0.1, 0.15) is 0 Å². The lowest BCUT2D eigenvalue weighted by molar-refractivity contribution is 0.231. The lowest BCUT2D eigenvalue weighted by Gasteiger charge is -2.26. The Balaban J connectivity index is 2.29. The minimum atomic E-state index is -4.57. The maximum absolute atomic E-state index is 12.3. The van der Waals surface area contributed by atoms with Gasteiger partial charge in [0.15, 0.2) is 0 Å². The second-order valence-corrected chi connectivity index (χ2v) is 6.01. The van der Waals surface area contributed by atoms with E-state index in [-0.39, 0.29) is 0 Å². The number of rotatable bonds is 3. The van der Waals surface area contributed by atoms with Crippen LogP contribution in [0.5, 0.6) is 0 Å². The largest absolute Gasteiger partial charge is 0.399 e. The lowest BCUT2D eigenvalue weighted by atomic mass is 9.88. The highest BCUT2D eigenvalue weighted by atomic mass is 32.2. The molecule has 0 fully saturated rings. The molecule has 0 saturated heterocycles. The Bertz CT molecular complexity index is 546. The van der Waals surface area contributed by atoms with Gasteiger partial charge in [-0.05, 0) is 42.5 Å². The first-order chi connectivity index (χ1) is 8.40. The Morgan fingerprint density at radius 2 is 2.11 bits per heavy atom. The van der Waals surface area contributed by atoms with E-state index in [1.54, 1.807) is 18.2 Å². The predicted octanol–water partition coefficient (Wildman–Crippen LogP) is 1.79. The number of alkyl halides is 2. The van der Waals surface area contributed by atoms with E-state index in [2.05, 4.69) is 4.72 Å². The van der Waals surface area contributed by atoms with Gasteiger partial charge >= 0.3 is 5.76 Å². The van der Waals surface area contributed by atoms with Crippen molar-refractivity contribution < 1.29 is 17.2 Å². The molecule has 0 heterocycles. The van der Waals surface area contributed by atoms with Gasteiger partial charge in [0.2, 0.25) is 0 Å². The highest BCUT2D eigenvalue weighted by Gasteiger charge is 2.30. The van der Waals surface area contributed by atoms with Gasteiger partial charge in [0.25, 0.3) is 10.0 Å². The molecule has 1 unspecified atom stereocenters. The van der Waals surface area contributed by atoms with E-state index >= 15 is 0 Å². The van der Waals surface area contributed by atoms with Crippen LogP contribution in [-0.2, 0) is 16.4 Å². The molecule has 1 aromatic rings. The molecule has 1 aliphatic carbocycles. The lowest BCUT2D eigenvalue weighted by Crippen LogP contribution is -2.34. The van der Waals surface area contributed by atoms with E-state index in [0.717, 1.165) is 24.0 Å². The van der Waals surface area contributed by atoms with Crippen molar-refractivity contribution in [2.45, 2.75) is 31.1 Å². The van der Waals surface area contributed by atoms with Crippen molar-refractivity contribution in [1.82, 2.24) is 4.72 Å². The molecule has 1 aliphatic rings. The molecular formula is C11H14F2N2O2S. The van der Waals surface area contributed by atoms with E-state index in [0.29, 0.717) is 12.1 Å². The zero-order valence-electron chi connectivity index (χ0n) is 9.57. The number of benzene rings is 1. The number of hydrogen-bond acceptors (Lipinski definition) is 3. The molecule has 3 N–H and O–H groups in total. The summed E-state index contributed by atoms with van der Waals surface area (Å²) in [5.74, 6) is -3.41. The molecule has 0 aliphatic heterocycles. The quantitative estimate of drug-likeness (QED) is 0.827. The maximum Gasteiger partial charge on any atom is 0.350 e. The van der Waals surface area contributed by atoms with Gasteiger partial charge in [0, 0.05) is 11.7 Å². The first-order valence-corrected chi connectivity index (χ1v) is 7.12. The van der Waals surface area contributed by atoms with Crippen LogP contribution in [0.2, 0.25) is 0 Å². The van der Waals surface area contributed by atoms with E-state index in [4.69, 9.17) is 5.73 Å². The molecule has 1 atom stereocenters. The number of nitrogens with two attached hydrogens (primary N) is 1. The van der Waals surface area contributed by atoms with Crippen molar-refractivity contribution in [3.8, 4) is 0 Å². The molecule has 0 radical (unpaired) electrons. The van der Waals surface area contributed by atoms with Gasteiger partial charge in [-0.25, -0.2) is 13.1 Å². The van der Waals surface area contributed by atoms with Crippen molar-refractivity contribution in [3.05, 3.63) is 29.3 Å². The summed E-state index contributed by atoms with van der Waals surface area (Å²) in [6.07, 6.45) is 2.04. The number of halogens is 2. The Hall–Kier alpha value is -1.21. The molecule has 0 spiro atoms. The number of sulfonamides is 1. The second kappa shape index (κ2) is 4.81. The third-order valence-electron chi connectivity index (χ3n) is 3.02. The van der Waals surface area contributed by atoms with E-state index in [9.17, 15) is 17.2 Å². The van der Waals surface area contributed by atoms with Crippen molar-refractivity contribution in [2.75, 3.05) is 5.73 Å². The summed E-state index contributed by atoms with van der Waals surface area (Å²) in [6.45, 7) is 0. The topological polar surface area (TPSA) is 72.2 Å². The Morgan fingerprint density at radius 1 is 1.39 bits per heavy atom. The molecule has 0 amide bonds. The van der Waals surface area contributed by atoms with E-state index in [1.807, 2.05) is 0 Å². The van der Waals surface area contributed by atoms with Gasteiger partial charge < -0.3 is 5.73 Å². The summed E-state index contributed by atoms with van der Waals surface area (Å²) in [6, 6.07) is 4.52.